The van der Waals surface area contributed by atoms with Gasteiger partial charge in [0, 0.05) is 31.2 Å². The molecule has 1 heterocycles. The third-order valence-corrected chi connectivity index (χ3v) is 4.50. The lowest BCUT2D eigenvalue weighted by atomic mass is 10.1. The highest BCUT2D eigenvalue weighted by Gasteiger charge is 2.14. The number of carbonyl (C=O) groups excluding carboxylic acids is 2. The Morgan fingerprint density at radius 3 is 2.07 bits per heavy atom. The predicted octanol–water partition coefficient (Wildman–Crippen LogP) is 4.21. The number of benzene rings is 2. The molecule has 0 radical (unpaired) electrons. The molecule has 6 nitrogen and oxygen atoms in total. The standard InChI is InChI=1S/C23H24N4O2/c1-4-16-8-5-6-9-19(16)26-23(29)21-11-7-10-20(25-21)22(28)24-17-12-14-18(15-13-17)27(2)3/h5-15H,4H2,1-3H3,(H,24,28)(H,26,29). The van der Waals surface area contributed by atoms with Crippen molar-refractivity contribution in [2.45, 2.75) is 13.3 Å². The first-order valence-electron chi connectivity index (χ1n) is 9.43. The minimum absolute atomic E-state index is 0.179. The molecular formula is C23H24N4O2. The quantitative estimate of drug-likeness (QED) is 0.663. The third kappa shape index (κ3) is 4.99. The number of pyridine rings is 1. The number of hydrogen-bond donors (Lipinski definition) is 2. The lowest BCUT2D eigenvalue weighted by molar-refractivity contribution is 0.101. The maximum Gasteiger partial charge on any atom is 0.274 e. The minimum Gasteiger partial charge on any atom is -0.378 e. The van der Waals surface area contributed by atoms with Gasteiger partial charge in [-0.25, -0.2) is 4.98 Å². The molecule has 1 aromatic heterocycles. The summed E-state index contributed by atoms with van der Waals surface area (Å²) in [6.45, 7) is 2.03. The molecule has 0 bridgehead atoms. The van der Waals surface area contributed by atoms with Crippen molar-refractivity contribution in [3.05, 3.63) is 83.7 Å². The Hall–Kier alpha value is -3.67. The Morgan fingerprint density at radius 1 is 0.828 bits per heavy atom. The van der Waals surface area contributed by atoms with Gasteiger partial charge in [0.25, 0.3) is 11.8 Å². The van der Waals surface area contributed by atoms with Gasteiger partial charge in [0.1, 0.15) is 11.4 Å². The first-order valence-corrected chi connectivity index (χ1v) is 9.43. The van der Waals surface area contributed by atoms with Crippen LogP contribution in [-0.2, 0) is 6.42 Å². The molecule has 0 aliphatic rings. The predicted molar refractivity (Wildman–Crippen MR) is 117 cm³/mol. The summed E-state index contributed by atoms with van der Waals surface area (Å²) in [7, 11) is 3.90. The van der Waals surface area contributed by atoms with Crippen molar-refractivity contribution < 1.29 is 9.59 Å². The van der Waals surface area contributed by atoms with Gasteiger partial charge in [-0.3, -0.25) is 9.59 Å². The Bertz CT molecular complexity index is 1010. The number of nitrogens with one attached hydrogen (secondary N) is 2. The van der Waals surface area contributed by atoms with E-state index in [-0.39, 0.29) is 23.2 Å². The zero-order chi connectivity index (χ0) is 20.8. The molecule has 2 N–H and O–H groups in total. The van der Waals surface area contributed by atoms with Crippen molar-refractivity contribution >= 4 is 28.9 Å². The first-order chi connectivity index (χ1) is 14.0. The molecule has 29 heavy (non-hydrogen) atoms. The Balaban J connectivity index is 1.72. The van der Waals surface area contributed by atoms with E-state index in [2.05, 4.69) is 15.6 Å². The highest BCUT2D eigenvalue weighted by atomic mass is 16.2. The summed E-state index contributed by atoms with van der Waals surface area (Å²) in [4.78, 5) is 31.4. The van der Waals surface area contributed by atoms with Crippen LogP contribution in [0.3, 0.4) is 0 Å². The van der Waals surface area contributed by atoms with E-state index in [0.717, 1.165) is 23.4 Å². The fraction of sp³-hybridized carbons (Fsp3) is 0.174. The molecule has 2 amide bonds. The number of amides is 2. The summed E-state index contributed by atoms with van der Waals surface area (Å²) in [5.74, 6) is -0.720. The largest absolute Gasteiger partial charge is 0.378 e. The van der Waals surface area contributed by atoms with Crippen LogP contribution in [0, 0.1) is 0 Å². The van der Waals surface area contributed by atoms with Crippen molar-refractivity contribution in [2.24, 2.45) is 0 Å². The number of nitrogens with zero attached hydrogens (tertiary/aromatic N) is 2. The first kappa shape index (κ1) is 20.1. The molecule has 0 saturated carbocycles. The second-order valence-corrected chi connectivity index (χ2v) is 6.77. The summed E-state index contributed by atoms with van der Waals surface area (Å²) in [5, 5.41) is 5.68. The van der Waals surface area contributed by atoms with Gasteiger partial charge in [0.2, 0.25) is 0 Å². The van der Waals surface area contributed by atoms with Crippen LogP contribution in [0.2, 0.25) is 0 Å². The Kier molecular flexibility index (Phi) is 6.24. The van der Waals surface area contributed by atoms with Gasteiger partial charge < -0.3 is 15.5 Å². The molecule has 3 rings (SSSR count). The average molecular weight is 388 g/mol. The summed E-state index contributed by atoms with van der Waals surface area (Å²) in [6.07, 6.45) is 0.805. The Morgan fingerprint density at radius 2 is 1.45 bits per heavy atom. The number of carbonyl (C=O) groups is 2. The molecule has 0 aliphatic heterocycles. The number of aromatic nitrogens is 1. The highest BCUT2D eigenvalue weighted by Crippen LogP contribution is 2.18. The summed E-state index contributed by atoms with van der Waals surface area (Å²) in [5.41, 5.74) is 3.85. The number of hydrogen-bond acceptors (Lipinski definition) is 4. The summed E-state index contributed by atoms with van der Waals surface area (Å²) >= 11 is 0. The van der Waals surface area contributed by atoms with Crippen molar-refractivity contribution in [2.75, 3.05) is 29.6 Å². The zero-order valence-electron chi connectivity index (χ0n) is 16.8. The molecule has 0 unspecified atom stereocenters. The molecule has 0 saturated heterocycles. The maximum atomic E-state index is 12.6. The van der Waals surface area contributed by atoms with E-state index in [0.29, 0.717) is 5.69 Å². The molecule has 2 aromatic carbocycles. The van der Waals surface area contributed by atoms with Gasteiger partial charge >= 0.3 is 0 Å². The van der Waals surface area contributed by atoms with Crippen LogP contribution >= 0.6 is 0 Å². The van der Waals surface area contributed by atoms with E-state index in [4.69, 9.17) is 0 Å². The molecule has 0 spiro atoms. The van der Waals surface area contributed by atoms with Crippen molar-refractivity contribution in [1.29, 1.82) is 0 Å². The molecule has 0 fully saturated rings. The van der Waals surface area contributed by atoms with E-state index in [1.807, 2.05) is 74.4 Å². The van der Waals surface area contributed by atoms with Gasteiger partial charge in [-0.05, 0) is 54.4 Å². The minimum atomic E-state index is -0.369. The maximum absolute atomic E-state index is 12.6. The Labute approximate surface area is 170 Å². The van der Waals surface area contributed by atoms with Gasteiger partial charge in [-0.1, -0.05) is 31.2 Å². The average Bonchev–Trinajstić information content (AvgIpc) is 2.74. The highest BCUT2D eigenvalue weighted by molar-refractivity contribution is 6.06. The smallest absolute Gasteiger partial charge is 0.274 e. The van der Waals surface area contributed by atoms with E-state index < -0.39 is 0 Å². The van der Waals surface area contributed by atoms with Crippen molar-refractivity contribution in [1.82, 2.24) is 4.98 Å². The van der Waals surface area contributed by atoms with Crippen molar-refractivity contribution in [3.8, 4) is 0 Å². The SMILES string of the molecule is CCc1ccccc1NC(=O)c1cccc(C(=O)Nc2ccc(N(C)C)cc2)n1. The van der Waals surface area contributed by atoms with Crippen LogP contribution in [0.15, 0.2) is 66.7 Å². The van der Waals surface area contributed by atoms with E-state index in [1.54, 1.807) is 18.2 Å². The molecule has 148 valence electrons. The van der Waals surface area contributed by atoms with Gasteiger partial charge in [0.15, 0.2) is 0 Å². The molecule has 0 atom stereocenters. The number of para-hydroxylation sites is 1. The van der Waals surface area contributed by atoms with Gasteiger partial charge in [-0.2, -0.15) is 0 Å². The van der Waals surface area contributed by atoms with Crippen LogP contribution < -0.4 is 15.5 Å². The van der Waals surface area contributed by atoms with Crippen LogP contribution in [0.4, 0.5) is 17.1 Å². The number of rotatable bonds is 6. The lowest BCUT2D eigenvalue weighted by Gasteiger charge is -2.13. The second-order valence-electron chi connectivity index (χ2n) is 6.77. The second kappa shape index (κ2) is 9.01. The zero-order valence-corrected chi connectivity index (χ0v) is 16.8. The molecular weight excluding hydrogens is 364 g/mol. The van der Waals surface area contributed by atoms with Crippen LogP contribution in [0.1, 0.15) is 33.5 Å². The number of anilines is 3. The van der Waals surface area contributed by atoms with Crippen LogP contribution in [0.5, 0.6) is 0 Å². The monoisotopic (exact) mass is 388 g/mol. The molecule has 3 aromatic rings. The summed E-state index contributed by atoms with van der Waals surface area (Å²) in [6, 6.07) is 19.9. The van der Waals surface area contributed by atoms with Gasteiger partial charge in [0.05, 0.1) is 0 Å². The third-order valence-electron chi connectivity index (χ3n) is 4.50. The summed E-state index contributed by atoms with van der Waals surface area (Å²) < 4.78 is 0. The topological polar surface area (TPSA) is 74.3 Å². The van der Waals surface area contributed by atoms with Crippen molar-refractivity contribution in [3.63, 3.8) is 0 Å². The normalized spacial score (nSPS) is 10.3. The van der Waals surface area contributed by atoms with E-state index in [9.17, 15) is 9.59 Å². The lowest BCUT2D eigenvalue weighted by Crippen LogP contribution is -2.19. The van der Waals surface area contributed by atoms with Gasteiger partial charge in [-0.15, -0.1) is 0 Å². The van der Waals surface area contributed by atoms with Crippen LogP contribution in [-0.4, -0.2) is 30.9 Å². The van der Waals surface area contributed by atoms with Crippen LogP contribution in [0.25, 0.3) is 0 Å². The van der Waals surface area contributed by atoms with E-state index >= 15 is 0 Å². The van der Waals surface area contributed by atoms with E-state index in [1.165, 1.54) is 0 Å². The number of aryl methyl sites for hydroxylation is 1. The molecule has 0 aliphatic carbocycles. The fourth-order valence-electron chi connectivity index (χ4n) is 2.86. The fourth-order valence-corrected chi connectivity index (χ4v) is 2.86. The molecule has 6 heteroatoms.